The summed E-state index contributed by atoms with van der Waals surface area (Å²) >= 11 is 0. The zero-order valence-electron chi connectivity index (χ0n) is 11.2. The minimum absolute atomic E-state index is 0.00605. The van der Waals surface area contributed by atoms with E-state index in [1.54, 1.807) is 4.68 Å². The van der Waals surface area contributed by atoms with Crippen LogP contribution in [-0.4, -0.2) is 27.5 Å². The second-order valence-corrected chi connectivity index (χ2v) is 4.26. The van der Waals surface area contributed by atoms with Gasteiger partial charge in [0.15, 0.2) is 5.69 Å². The highest BCUT2D eigenvalue weighted by atomic mass is 16.5. The number of carbonyl (C=O) groups is 1. The molecule has 0 radical (unpaired) electrons. The number of hydrazine groups is 1. The largest absolute Gasteiger partial charge is 0.372 e. The normalized spacial score (nSPS) is 12.1. The maximum Gasteiger partial charge on any atom is 0.287 e. The van der Waals surface area contributed by atoms with Gasteiger partial charge in [-0.05, 0) is 12.5 Å². The van der Waals surface area contributed by atoms with Crippen LogP contribution in [0.15, 0.2) is 36.5 Å². The first-order chi connectivity index (χ1) is 9.70. The van der Waals surface area contributed by atoms with Gasteiger partial charge in [-0.2, -0.15) is 0 Å². The van der Waals surface area contributed by atoms with Gasteiger partial charge in [0.25, 0.3) is 5.91 Å². The molecule has 0 fully saturated rings. The van der Waals surface area contributed by atoms with Gasteiger partial charge in [0.1, 0.15) is 0 Å². The second-order valence-electron chi connectivity index (χ2n) is 4.26. The van der Waals surface area contributed by atoms with Crippen LogP contribution >= 0.6 is 0 Å². The number of nitrogens with zero attached hydrogens (tertiary/aromatic N) is 3. The lowest BCUT2D eigenvalue weighted by Gasteiger charge is -2.13. The number of ether oxygens (including phenoxy) is 1. The van der Waals surface area contributed by atoms with Crippen molar-refractivity contribution < 1.29 is 9.53 Å². The van der Waals surface area contributed by atoms with Crippen LogP contribution in [0.1, 0.15) is 29.1 Å². The van der Waals surface area contributed by atoms with Crippen LogP contribution in [0.4, 0.5) is 0 Å². The van der Waals surface area contributed by atoms with Gasteiger partial charge in [-0.1, -0.05) is 35.5 Å². The highest BCUT2D eigenvalue weighted by molar-refractivity contribution is 5.91. The lowest BCUT2D eigenvalue weighted by molar-refractivity contribution is 0.0580. The van der Waals surface area contributed by atoms with Gasteiger partial charge in [-0.3, -0.25) is 10.2 Å². The Morgan fingerprint density at radius 2 is 2.20 bits per heavy atom. The summed E-state index contributed by atoms with van der Waals surface area (Å²) in [6.45, 7) is 2.98. The maximum absolute atomic E-state index is 11.2. The molecular formula is C13H17N5O2. The van der Waals surface area contributed by atoms with E-state index in [1.165, 1.54) is 6.20 Å². The fourth-order valence-electron chi connectivity index (χ4n) is 1.73. The zero-order valence-corrected chi connectivity index (χ0v) is 11.2. The minimum Gasteiger partial charge on any atom is -0.372 e. The van der Waals surface area contributed by atoms with E-state index in [-0.39, 0.29) is 11.8 Å². The van der Waals surface area contributed by atoms with E-state index in [2.05, 4.69) is 10.3 Å². The molecule has 1 aromatic carbocycles. The van der Waals surface area contributed by atoms with Crippen LogP contribution in [0.5, 0.6) is 0 Å². The van der Waals surface area contributed by atoms with Crippen molar-refractivity contribution in [3.63, 3.8) is 0 Å². The predicted molar refractivity (Wildman–Crippen MR) is 72.5 cm³/mol. The van der Waals surface area contributed by atoms with Crippen LogP contribution in [-0.2, 0) is 11.3 Å². The van der Waals surface area contributed by atoms with Gasteiger partial charge in [-0.15, -0.1) is 5.10 Å². The Bertz CT molecular complexity index is 555. The Morgan fingerprint density at radius 1 is 1.45 bits per heavy atom. The van der Waals surface area contributed by atoms with Crippen molar-refractivity contribution in [1.29, 1.82) is 0 Å². The monoisotopic (exact) mass is 275 g/mol. The van der Waals surface area contributed by atoms with Crippen molar-refractivity contribution in [2.24, 2.45) is 5.84 Å². The molecule has 1 heterocycles. The van der Waals surface area contributed by atoms with Crippen LogP contribution in [0.2, 0.25) is 0 Å². The molecule has 1 amide bonds. The first-order valence-corrected chi connectivity index (χ1v) is 6.28. The number of hydrogen-bond donors (Lipinski definition) is 2. The Labute approximate surface area is 116 Å². The molecule has 0 aliphatic carbocycles. The number of carbonyl (C=O) groups excluding carboxylic acids is 1. The average Bonchev–Trinajstić information content (AvgIpc) is 2.96. The molecule has 1 aromatic heterocycles. The molecule has 0 aliphatic heterocycles. The third-order valence-electron chi connectivity index (χ3n) is 2.86. The number of hydrogen-bond acceptors (Lipinski definition) is 5. The number of aromatic nitrogens is 3. The van der Waals surface area contributed by atoms with Gasteiger partial charge >= 0.3 is 0 Å². The highest BCUT2D eigenvalue weighted by Gasteiger charge is 2.09. The van der Waals surface area contributed by atoms with Crippen LogP contribution in [0, 0.1) is 0 Å². The number of nitrogen functional groups attached to an aromatic ring is 1. The molecule has 2 rings (SSSR count). The lowest BCUT2D eigenvalue weighted by atomic mass is 10.1. The predicted octanol–water partition coefficient (Wildman–Crippen LogP) is 0.659. The first kappa shape index (κ1) is 14.2. The third-order valence-corrected chi connectivity index (χ3v) is 2.86. The zero-order chi connectivity index (χ0) is 14.4. The molecule has 0 saturated heterocycles. The van der Waals surface area contributed by atoms with Crippen molar-refractivity contribution in [1.82, 2.24) is 20.4 Å². The summed E-state index contributed by atoms with van der Waals surface area (Å²) in [7, 11) is 0. The second kappa shape index (κ2) is 6.78. The molecule has 20 heavy (non-hydrogen) atoms. The standard InChI is InChI=1S/C13H17N5O2/c1-10(11-5-3-2-4-6-11)20-8-7-18-9-12(16-17-18)13(19)15-14/h2-6,9-10H,7-8,14H2,1H3,(H,15,19). The van der Waals surface area contributed by atoms with E-state index in [0.717, 1.165) is 5.56 Å². The van der Waals surface area contributed by atoms with Crippen LogP contribution < -0.4 is 11.3 Å². The molecule has 0 spiro atoms. The highest BCUT2D eigenvalue weighted by Crippen LogP contribution is 2.15. The molecule has 106 valence electrons. The van der Waals surface area contributed by atoms with Crippen LogP contribution in [0.25, 0.3) is 0 Å². The van der Waals surface area contributed by atoms with E-state index in [0.29, 0.717) is 13.2 Å². The van der Waals surface area contributed by atoms with Crippen molar-refractivity contribution in [2.75, 3.05) is 6.61 Å². The first-order valence-electron chi connectivity index (χ1n) is 6.28. The van der Waals surface area contributed by atoms with Gasteiger partial charge in [0.05, 0.1) is 25.5 Å². The molecule has 2 aromatic rings. The fourth-order valence-corrected chi connectivity index (χ4v) is 1.73. The molecular weight excluding hydrogens is 258 g/mol. The fraction of sp³-hybridized carbons (Fsp3) is 0.308. The number of amides is 1. The Balaban J connectivity index is 1.81. The van der Waals surface area contributed by atoms with Crippen LogP contribution in [0.3, 0.4) is 0 Å². The van der Waals surface area contributed by atoms with Gasteiger partial charge < -0.3 is 4.74 Å². The molecule has 7 nitrogen and oxygen atoms in total. The third kappa shape index (κ3) is 3.62. The van der Waals surface area contributed by atoms with Crippen molar-refractivity contribution in [3.8, 4) is 0 Å². The number of nitrogens with two attached hydrogens (primary N) is 1. The van der Waals surface area contributed by atoms with E-state index < -0.39 is 5.91 Å². The van der Waals surface area contributed by atoms with Crippen molar-refractivity contribution >= 4 is 5.91 Å². The summed E-state index contributed by atoms with van der Waals surface area (Å²) < 4.78 is 7.26. The van der Waals surface area contributed by atoms with E-state index in [4.69, 9.17) is 10.6 Å². The molecule has 1 unspecified atom stereocenters. The number of benzene rings is 1. The van der Waals surface area contributed by atoms with E-state index in [1.807, 2.05) is 42.7 Å². The maximum atomic E-state index is 11.2. The molecule has 1 atom stereocenters. The molecule has 0 aliphatic rings. The molecule has 7 heteroatoms. The Hall–Kier alpha value is -2.25. The number of nitrogens with one attached hydrogen (secondary N) is 1. The average molecular weight is 275 g/mol. The summed E-state index contributed by atoms with van der Waals surface area (Å²) in [5.74, 6) is 4.55. The van der Waals surface area contributed by atoms with Gasteiger partial charge in [0, 0.05) is 0 Å². The Morgan fingerprint density at radius 3 is 2.90 bits per heavy atom. The smallest absolute Gasteiger partial charge is 0.287 e. The quantitative estimate of drug-likeness (QED) is 0.459. The topological polar surface area (TPSA) is 95.1 Å². The van der Waals surface area contributed by atoms with E-state index in [9.17, 15) is 4.79 Å². The van der Waals surface area contributed by atoms with E-state index >= 15 is 0 Å². The van der Waals surface area contributed by atoms with Crippen molar-refractivity contribution in [3.05, 3.63) is 47.8 Å². The lowest BCUT2D eigenvalue weighted by Crippen LogP contribution is -2.30. The molecule has 0 bridgehead atoms. The Kier molecular flexibility index (Phi) is 4.80. The summed E-state index contributed by atoms with van der Waals surface area (Å²) in [6.07, 6.45) is 1.53. The summed E-state index contributed by atoms with van der Waals surface area (Å²) in [4.78, 5) is 11.2. The van der Waals surface area contributed by atoms with Gasteiger partial charge in [0.2, 0.25) is 0 Å². The molecule has 3 N–H and O–H groups in total. The number of rotatable bonds is 6. The SMILES string of the molecule is CC(OCCn1cc(C(=O)NN)nn1)c1ccccc1. The summed E-state index contributed by atoms with van der Waals surface area (Å²) in [5.41, 5.74) is 3.31. The minimum atomic E-state index is -0.463. The van der Waals surface area contributed by atoms with Gasteiger partial charge in [-0.25, -0.2) is 10.5 Å². The van der Waals surface area contributed by atoms with Crippen molar-refractivity contribution in [2.45, 2.75) is 19.6 Å². The summed E-state index contributed by atoms with van der Waals surface area (Å²) in [5, 5.41) is 7.53. The molecule has 0 saturated carbocycles. The summed E-state index contributed by atoms with van der Waals surface area (Å²) in [6, 6.07) is 9.96.